The van der Waals surface area contributed by atoms with Gasteiger partial charge in [0.15, 0.2) is 0 Å². The Morgan fingerprint density at radius 3 is 2.61 bits per heavy atom. The van der Waals surface area contributed by atoms with Crippen LogP contribution >= 0.6 is 0 Å². The molecule has 0 atom stereocenters. The third-order valence-corrected chi connectivity index (χ3v) is 2.40. The van der Waals surface area contributed by atoms with Crippen LogP contribution in [0.15, 0.2) is 39.3 Å². The van der Waals surface area contributed by atoms with Crippen molar-refractivity contribution in [1.29, 1.82) is 0 Å². The van der Waals surface area contributed by atoms with Gasteiger partial charge in [0.05, 0.1) is 6.54 Å². The number of hydrogen-bond acceptors (Lipinski definition) is 6. The zero-order chi connectivity index (χ0) is 13.1. The van der Waals surface area contributed by atoms with Crippen LogP contribution in [0.3, 0.4) is 0 Å². The van der Waals surface area contributed by atoms with Crippen LogP contribution in [-0.4, -0.2) is 14.5 Å². The van der Waals surface area contributed by atoms with Gasteiger partial charge >= 0.3 is 5.69 Å². The van der Waals surface area contributed by atoms with Crippen molar-refractivity contribution >= 4 is 11.5 Å². The van der Waals surface area contributed by atoms with Crippen molar-refractivity contribution in [2.45, 2.75) is 6.54 Å². The fourth-order valence-corrected chi connectivity index (χ4v) is 1.49. The summed E-state index contributed by atoms with van der Waals surface area (Å²) in [6.45, 7) is 0.118. The summed E-state index contributed by atoms with van der Waals surface area (Å²) < 4.78 is 1.06. The highest BCUT2D eigenvalue weighted by molar-refractivity contribution is 5.55. The van der Waals surface area contributed by atoms with E-state index in [1.165, 1.54) is 0 Å². The largest absolute Gasteiger partial charge is 0.383 e. The SMILES string of the molecule is Nc1c(N=O)c(=O)[nH]c(=O)n1Cc1ccncc1. The molecule has 8 heteroatoms. The molecule has 0 unspecified atom stereocenters. The Morgan fingerprint density at radius 2 is 2.00 bits per heavy atom. The van der Waals surface area contributed by atoms with Gasteiger partial charge in [0, 0.05) is 12.4 Å². The molecule has 3 N–H and O–H groups in total. The number of anilines is 1. The van der Waals surface area contributed by atoms with E-state index in [4.69, 9.17) is 5.73 Å². The summed E-state index contributed by atoms with van der Waals surface area (Å²) in [6, 6.07) is 3.37. The third-order valence-electron chi connectivity index (χ3n) is 2.40. The summed E-state index contributed by atoms with van der Waals surface area (Å²) in [7, 11) is 0. The van der Waals surface area contributed by atoms with Crippen LogP contribution in [0, 0.1) is 4.91 Å². The first-order valence-corrected chi connectivity index (χ1v) is 4.98. The molecule has 2 aromatic heterocycles. The van der Waals surface area contributed by atoms with E-state index in [2.05, 4.69) is 10.2 Å². The molecule has 2 aromatic rings. The van der Waals surface area contributed by atoms with Gasteiger partial charge in [-0.05, 0) is 22.9 Å². The lowest BCUT2D eigenvalue weighted by Crippen LogP contribution is -2.32. The highest BCUT2D eigenvalue weighted by Gasteiger charge is 2.12. The Hall–Kier alpha value is -2.77. The molecular weight excluding hydrogens is 238 g/mol. The maximum absolute atomic E-state index is 11.6. The van der Waals surface area contributed by atoms with Crippen molar-refractivity contribution in [1.82, 2.24) is 14.5 Å². The van der Waals surface area contributed by atoms with E-state index in [-0.39, 0.29) is 12.4 Å². The van der Waals surface area contributed by atoms with Crippen molar-refractivity contribution < 1.29 is 0 Å². The first-order chi connectivity index (χ1) is 8.63. The molecule has 0 amide bonds. The monoisotopic (exact) mass is 247 g/mol. The van der Waals surface area contributed by atoms with Crippen LogP contribution in [-0.2, 0) is 6.54 Å². The summed E-state index contributed by atoms with van der Waals surface area (Å²) in [6.07, 6.45) is 3.11. The number of nitrogen functional groups attached to an aromatic ring is 1. The first kappa shape index (κ1) is 11.7. The number of nitrogens with zero attached hydrogens (tertiary/aromatic N) is 3. The van der Waals surface area contributed by atoms with Crippen molar-refractivity contribution in [3.8, 4) is 0 Å². The number of nitrogens with one attached hydrogen (secondary N) is 1. The molecule has 0 saturated heterocycles. The van der Waals surface area contributed by atoms with E-state index in [0.29, 0.717) is 0 Å². The maximum Gasteiger partial charge on any atom is 0.330 e. The van der Waals surface area contributed by atoms with Crippen LogP contribution in [0.1, 0.15) is 5.56 Å². The second kappa shape index (κ2) is 4.62. The number of aromatic amines is 1. The van der Waals surface area contributed by atoms with Crippen molar-refractivity contribution in [2.75, 3.05) is 5.73 Å². The number of rotatable bonds is 3. The minimum atomic E-state index is -0.890. The van der Waals surface area contributed by atoms with Gasteiger partial charge in [-0.25, -0.2) is 4.79 Å². The number of pyridine rings is 1. The fourth-order valence-electron chi connectivity index (χ4n) is 1.49. The van der Waals surface area contributed by atoms with E-state index in [1.807, 2.05) is 4.98 Å². The normalized spacial score (nSPS) is 10.2. The molecule has 0 aliphatic heterocycles. The average molecular weight is 247 g/mol. The minimum absolute atomic E-state index is 0.118. The van der Waals surface area contributed by atoms with Crippen LogP contribution in [0.4, 0.5) is 11.5 Å². The Labute approximate surface area is 100 Å². The highest BCUT2D eigenvalue weighted by Crippen LogP contribution is 2.14. The zero-order valence-electron chi connectivity index (χ0n) is 9.16. The van der Waals surface area contributed by atoms with E-state index >= 15 is 0 Å². The van der Waals surface area contributed by atoms with E-state index in [9.17, 15) is 14.5 Å². The standard InChI is InChI=1S/C10H9N5O3/c11-8-7(14-18)9(16)13-10(17)15(8)5-6-1-3-12-4-2-6/h1-4H,5,11H2,(H,13,16,17). The molecule has 0 fully saturated rings. The Kier molecular flexibility index (Phi) is 3.00. The van der Waals surface area contributed by atoms with E-state index in [1.54, 1.807) is 24.5 Å². The molecule has 0 aromatic carbocycles. The molecule has 0 saturated carbocycles. The second-order valence-corrected chi connectivity index (χ2v) is 3.53. The Bertz CT molecular complexity index is 689. The molecule has 2 rings (SSSR count). The van der Waals surface area contributed by atoms with Gasteiger partial charge in [-0.2, -0.15) is 0 Å². The number of hydrogen-bond donors (Lipinski definition) is 2. The number of nitroso groups, excluding NO2 is 1. The summed E-state index contributed by atoms with van der Waals surface area (Å²) in [5.41, 5.74) is 4.25. The Balaban J connectivity index is 2.55. The van der Waals surface area contributed by atoms with Gasteiger partial charge in [0.25, 0.3) is 5.56 Å². The summed E-state index contributed by atoms with van der Waals surface area (Å²) in [4.78, 5) is 39.2. The molecule has 2 heterocycles. The number of H-pyrrole nitrogens is 1. The number of aromatic nitrogens is 3. The molecule has 18 heavy (non-hydrogen) atoms. The van der Waals surface area contributed by atoms with Crippen molar-refractivity contribution in [3.63, 3.8) is 0 Å². The lowest BCUT2D eigenvalue weighted by atomic mass is 10.2. The highest BCUT2D eigenvalue weighted by atomic mass is 16.3. The van der Waals surface area contributed by atoms with Crippen LogP contribution in [0.2, 0.25) is 0 Å². The number of nitrogens with two attached hydrogens (primary N) is 1. The molecule has 0 aliphatic rings. The molecule has 0 bridgehead atoms. The molecule has 0 spiro atoms. The zero-order valence-corrected chi connectivity index (χ0v) is 9.16. The summed E-state index contributed by atoms with van der Waals surface area (Å²) in [5, 5.41) is 2.52. The van der Waals surface area contributed by atoms with Gasteiger partial charge in [-0.3, -0.25) is 19.3 Å². The van der Waals surface area contributed by atoms with Gasteiger partial charge < -0.3 is 5.73 Å². The molecular formula is C10H9N5O3. The smallest absolute Gasteiger partial charge is 0.330 e. The van der Waals surface area contributed by atoms with Crippen molar-refractivity contribution in [3.05, 3.63) is 55.8 Å². The second-order valence-electron chi connectivity index (χ2n) is 3.53. The molecule has 92 valence electrons. The maximum atomic E-state index is 11.6. The van der Waals surface area contributed by atoms with Crippen LogP contribution in [0.25, 0.3) is 0 Å². The predicted octanol–water partition coefficient (Wildman–Crippen LogP) is -0.0400. The fraction of sp³-hybridized carbons (Fsp3) is 0.100. The van der Waals surface area contributed by atoms with Crippen LogP contribution in [0.5, 0.6) is 0 Å². The van der Waals surface area contributed by atoms with Gasteiger partial charge in [-0.15, -0.1) is 4.91 Å². The van der Waals surface area contributed by atoms with Crippen molar-refractivity contribution in [2.24, 2.45) is 5.18 Å². The summed E-state index contributed by atoms with van der Waals surface area (Å²) >= 11 is 0. The minimum Gasteiger partial charge on any atom is -0.383 e. The van der Waals surface area contributed by atoms with E-state index < -0.39 is 16.9 Å². The molecule has 8 nitrogen and oxygen atoms in total. The Morgan fingerprint density at radius 1 is 1.33 bits per heavy atom. The van der Waals surface area contributed by atoms with E-state index in [0.717, 1.165) is 10.1 Å². The average Bonchev–Trinajstić information content (AvgIpc) is 2.36. The molecule has 0 radical (unpaired) electrons. The van der Waals surface area contributed by atoms with Crippen LogP contribution < -0.4 is 17.0 Å². The van der Waals surface area contributed by atoms with Gasteiger partial charge in [0.2, 0.25) is 5.69 Å². The molecule has 0 aliphatic carbocycles. The quantitative estimate of drug-likeness (QED) is 0.736. The van der Waals surface area contributed by atoms with Gasteiger partial charge in [-0.1, -0.05) is 0 Å². The topological polar surface area (TPSA) is 123 Å². The third kappa shape index (κ3) is 2.03. The van der Waals surface area contributed by atoms with Gasteiger partial charge in [0.1, 0.15) is 5.82 Å². The lowest BCUT2D eigenvalue weighted by molar-refractivity contribution is 0.732. The lowest BCUT2D eigenvalue weighted by Gasteiger charge is -2.09. The first-order valence-electron chi connectivity index (χ1n) is 4.98. The predicted molar refractivity (Wildman–Crippen MR) is 64.5 cm³/mol. The summed E-state index contributed by atoms with van der Waals surface area (Å²) in [5.74, 6) is -0.254.